The first-order valence-corrected chi connectivity index (χ1v) is 9.53. The van der Waals surface area contributed by atoms with E-state index in [1.54, 1.807) is 11.2 Å². The fourth-order valence-corrected chi connectivity index (χ4v) is 3.48. The molecule has 1 saturated heterocycles. The molecular formula is C18H26N8O. The molecule has 1 unspecified atom stereocenters. The quantitative estimate of drug-likeness (QED) is 0.870. The predicted molar refractivity (Wildman–Crippen MR) is 102 cm³/mol. The molecule has 0 spiro atoms. The SMILES string of the molecule is CC(C)c1nc2n(n1)CCCC2Nc1cc(N2CCN(C)C(=O)C2)ncn1. The Balaban J connectivity index is 1.52. The Hall–Kier alpha value is -2.71. The van der Waals surface area contributed by atoms with Gasteiger partial charge < -0.3 is 15.1 Å². The molecule has 2 aromatic rings. The number of nitrogens with one attached hydrogen (secondary N) is 1. The van der Waals surface area contributed by atoms with Gasteiger partial charge in [-0.2, -0.15) is 5.10 Å². The summed E-state index contributed by atoms with van der Waals surface area (Å²) in [6.07, 6.45) is 3.59. The van der Waals surface area contributed by atoms with E-state index in [1.807, 2.05) is 22.7 Å². The first-order valence-electron chi connectivity index (χ1n) is 9.53. The monoisotopic (exact) mass is 370 g/mol. The van der Waals surface area contributed by atoms with Gasteiger partial charge in [-0.25, -0.2) is 19.6 Å². The third-order valence-electron chi connectivity index (χ3n) is 5.16. The van der Waals surface area contributed by atoms with Gasteiger partial charge in [-0.15, -0.1) is 0 Å². The van der Waals surface area contributed by atoms with Gasteiger partial charge in [0.1, 0.15) is 23.8 Å². The number of carbonyl (C=O) groups excluding carboxylic acids is 1. The number of amides is 1. The molecule has 2 aliphatic rings. The average molecular weight is 370 g/mol. The highest BCUT2D eigenvalue weighted by Crippen LogP contribution is 2.28. The van der Waals surface area contributed by atoms with Crippen LogP contribution in [0, 0.1) is 0 Å². The van der Waals surface area contributed by atoms with E-state index in [4.69, 9.17) is 4.98 Å². The molecule has 9 heteroatoms. The fraction of sp³-hybridized carbons (Fsp3) is 0.611. The van der Waals surface area contributed by atoms with Gasteiger partial charge in [0.15, 0.2) is 5.82 Å². The topological polar surface area (TPSA) is 92.1 Å². The van der Waals surface area contributed by atoms with Crippen molar-refractivity contribution in [2.45, 2.75) is 45.2 Å². The second kappa shape index (κ2) is 7.13. The lowest BCUT2D eigenvalue weighted by Crippen LogP contribution is -2.48. The fourth-order valence-electron chi connectivity index (χ4n) is 3.48. The zero-order valence-corrected chi connectivity index (χ0v) is 16.1. The first kappa shape index (κ1) is 17.7. The van der Waals surface area contributed by atoms with E-state index < -0.39 is 0 Å². The average Bonchev–Trinajstić information content (AvgIpc) is 3.10. The standard InChI is InChI=1S/C18H26N8O/c1-12(2)17-22-18-13(5-4-6-26(18)23-17)21-14-9-15(20-11-19-14)25-8-7-24(3)16(27)10-25/h9,11-13H,4-8,10H2,1-3H3,(H,19,20,21). The molecule has 4 rings (SSSR count). The van der Waals surface area contributed by atoms with E-state index in [1.165, 1.54) is 0 Å². The Labute approximate surface area is 158 Å². The van der Waals surface area contributed by atoms with Gasteiger partial charge in [-0.05, 0) is 12.8 Å². The maximum atomic E-state index is 12.0. The molecule has 1 N–H and O–H groups in total. The molecular weight excluding hydrogens is 344 g/mol. The van der Waals surface area contributed by atoms with Crippen molar-refractivity contribution in [1.29, 1.82) is 0 Å². The van der Waals surface area contributed by atoms with E-state index in [2.05, 4.69) is 34.2 Å². The molecule has 1 fully saturated rings. The van der Waals surface area contributed by atoms with Crippen molar-refractivity contribution in [2.75, 3.05) is 36.9 Å². The predicted octanol–water partition coefficient (Wildman–Crippen LogP) is 1.42. The number of hydrogen-bond acceptors (Lipinski definition) is 7. The van der Waals surface area contributed by atoms with Crippen LogP contribution < -0.4 is 10.2 Å². The van der Waals surface area contributed by atoms with E-state index in [0.717, 1.165) is 49.2 Å². The number of likely N-dealkylation sites (N-methyl/N-ethyl adjacent to an activating group) is 1. The largest absolute Gasteiger partial charge is 0.360 e. The minimum atomic E-state index is 0.0793. The summed E-state index contributed by atoms with van der Waals surface area (Å²) in [5.41, 5.74) is 0. The third kappa shape index (κ3) is 3.58. The number of fused-ring (bicyclic) bond motifs is 1. The normalized spacial score (nSPS) is 20.1. The van der Waals surface area contributed by atoms with Crippen molar-refractivity contribution in [3.63, 3.8) is 0 Å². The zero-order valence-electron chi connectivity index (χ0n) is 16.1. The van der Waals surface area contributed by atoms with Crippen LogP contribution in [-0.2, 0) is 11.3 Å². The number of aromatic nitrogens is 5. The Bertz CT molecular complexity index is 833. The Morgan fingerprint density at radius 1 is 1.22 bits per heavy atom. The van der Waals surface area contributed by atoms with Crippen LogP contribution in [0.1, 0.15) is 50.3 Å². The number of aryl methyl sites for hydroxylation is 1. The van der Waals surface area contributed by atoms with Crippen LogP contribution in [0.4, 0.5) is 11.6 Å². The molecule has 1 amide bonds. The van der Waals surface area contributed by atoms with Crippen LogP contribution in [0.5, 0.6) is 0 Å². The smallest absolute Gasteiger partial charge is 0.241 e. The lowest BCUT2D eigenvalue weighted by atomic mass is 10.1. The van der Waals surface area contributed by atoms with Crippen molar-refractivity contribution >= 4 is 17.5 Å². The molecule has 0 bridgehead atoms. The molecule has 9 nitrogen and oxygen atoms in total. The van der Waals surface area contributed by atoms with Crippen molar-refractivity contribution in [3.8, 4) is 0 Å². The molecule has 27 heavy (non-hydrogen) atoms. The van der Waals surface area contributed by atoms with Crippen LogP contribution >= 0.6 is 0 Å². The van der Waals surface area contributed by atoms with Gasteiger partial charge in [-0.1, -0.05) is 13.8 Å². The summed E-state index contributed by atoms with van der Waals surface area (Å²) >= 11 is 0. The summed E-state index contributed by atoms with van der Waals surface area (Å²) in [5.74, 6) is 3.80. The van der Waals surface area contributed by atoms with E-state index >= 15 is 0 Å². The molecule has 0 saturated carbocycles. The lowest BCUT2D eigenvalue weighted by molar-refractivity contribution is -0.129. The first-order chi connectivity index (χ1) is 13.0. The van der Waals surface area contributed by atoms with Crippen molar-refractivity contribution < 1.29 is 4.79 Å². The molecule has 1 atom stereocenters. The number of piperazine rings is 1. The molecule has 2 aromatic heterocycles. The number of hydrogen-bond donors (Lipinski definition) is 1. The lowest BCUT2D eigenvalue weighted by Gasteiger charge is -2.32. The Morgan fingerprint density at radius 2 is 2.07 bits per heavy atom. The number of rotatable bonds is 4. The summed E-state index contributed by atoms with van der Waals surface area (Å²) in [7, 11) is 1.83. The summed E-state index contributed by atoms with van der Waals surface area (Å²) in [6.45, 7) is 6.95. The second-order valence-corrected chi connectivity index (χ2v) is 7.54. The maximum absolute atomic E-state index is 12.0. The maximum Gasteiger partial charge on any atom is 0.241 e. The number of carbonyl (C=O) groups is 1. The number of anilines is 2. The van der Waals surface area contributed by atoms with E-state index in [-0.39, 0.29) is 11.9 Å². The van der Waals surface area contributed by atoms with Crippen LogP contribution in [0.2, 0.25) is 0 Å². The highest BCUT2D eigenvalue weighted by atomic mass is 16.2. The molecule has 144 valence electrons. The van der Waals surface area contributed by atoms with Gasteiger partial charge in [0.05, 0.1) is 12.6 Å². The van der Waals surface area contributed by atoms with Crippen molar-refractivity contribution in [1.82, 2.24) is 29.6 Å². The Morgan fingerprint density at radius 3 is 2.85 bits per heavy atom. The molecule has 0 radical (unpaired) electrons. The summed E-state index contributed by atoms with van der Waals surface area (Å²) in [4.78, 5) is 29.2. The molecule has 0 aliphatic carbocycles. The van der Waals surface area contributed by atoms with Crippen LogP contribution in [-0.4, -0.2) is 62.2 Å². The van der Waals surface area contributed by atoms with Gasteiger partial charge in [0.2, 0.25) is 5.91 Å². The third-order valence-corrected chi connectivity index (χ3v) is 5.16. The van der Waals surface area contributed by atoms with Gasteiger partial charge >= 0.3 is 0 Å². The summed E-state index contributed by atoms with van der Waals surface area (Å²) in [6, 6.07) is 1.99. The highest BCUT2D eigenvalue weighted by molar-refractivity contribution is 5.82. The van der Waals surface area contributed by atoms with E-state index in [0.29, 0.717) is 19.0 Å². The summed E-state index contributed by atoms with van der Waals surface area (Å²) in [5, 5.41) is 8.12. The van der Waals surface area contributed by atoms with Gasteiger partial charge in [0, 0.05) is 38.7 Å². The van der Waals surface area contributed by atoms with E-state index in [9.17, 15) is 4.79 Å². The zero-order chi connectivity index (χ0) is 19.0. The van der Waals surface area contributed by atoms with Gasteiger partial charge in [-0.3, -0.25) is 4.79 Å². The second-order valence-electron chi connectivity index (χ2n) is 7.54. The van der Waals surface area contributed by atoms with Crippen molar-refractivity contribution in [3.05, 3.63) is 24.0 Å². The van der Waals surface area contributed by atoms with Crippen molar-refractivity contribution in [2.24, 2.45) is 0 Å². The summed E-state index contributed by atoms with van der Waals surface area (Å²) < 4.78 is 2.01. The van der Waals surface area contributed by atoms with Crippen LogP contribution in [0.15, 0.2) is 12.4 Å². The number of nitrogens with zero attached hydrogens (tertiary/aromatic N) is 7. The van der Waals surface area contributed by atoms with Crippen LogP contribution in [0.3, 0.4) is 0 Å². The molecule has 4 heterocycles. The molecule has 0 aromatic carbocycles. The minimum absolute atomic E-state index is 0.0793. The molecule has 2 aliphatic heterocycles. The van der Waals surface area contributed by atoms with Gasteiger partial charge in [0.25, 0.3) is 0 Å². The minimum Gasteiger partial charge on any atom is -0.360 e. The Kier molecular flexibility index (Phi) is 4.67. The van der Waals surface area contributed by atoms with Crippen LogP contribution in [0.25, 0.3) is 0 Å². The highest BCUT2D eigenvalue weighted by Gasteiger charge is 2.26.